The third-order valence-corrected chi connectivity index (χ3v) is 4.29. The van der Waals surface area contributed by atoms with Crippen molar-refractivity contribution in [2.45, 2.75) is 60.8 Å². The lowest BCUT2D eigenvalue weighted by molar-refractivity contribution is 0.104. The van der Waals surface area contributed by atoms with Gasteiger partial charge < -0.3 is 0 Å². The van der Waals surface area contributed by atoms with Gasteiger partial charge in [0, 0.05) is 0 Å². The van der Waals surface area contributed by atoms with Crippen LogP contribution in [0.1, 0.15) is 60.8 Å². The second-order valence-corrected chi connectivity index (χ2v) is 4.87. The lowest BCUT2D eigenvalue weighted by Gasteiger charge is -2.38. The van der Waals surface area contributed by atoms with E-state index in [2.05, 4.69) is 27.4 Å². The Kier molecular flexibility index (Phi) is 6.24. The molecule has 4 atom stereocenters. The van der Waals surface area contributed by atoms with Crippen molar-refractivity contribution < 1.29 is 0 Å². The fraction of sp³-hybridized carbons (Fsp3) is 0.867. The van der Waals surface area contributed by atoms with Crippen molar-refractivity contribution in [3.05, 3.63) is 12.7 Å². The predicted octanol–water partition coefficient (Wildman–Crippen LogP) is 5.30. The van der Waals surface area contributed by atoms with Gasteiger partial charge in [0.1, 0.15) is 0 Å². The average molecular weight is 210 g/mol. The van der Waals surface area contributed by atoms with Crippen LogP contribution in [-0.2, 0) is 0 Å². The van der Waals surface area contributed by atoms with Gasteiger partial charge in [-0.2, -0.15) is 0 Å². The molecule has 2 aliphatic carbocycles. The molecule has 0 aromatic carbocycles. The molecule has 2 aliphatic rings. The molecule has 0 spiro atoms. The average Bonchev–Trinajstić information content (AvgIpc) is 2.88. The first-order valence-corrected chi connectivity index (χ1v) is 6.70. The lowest BCUT2D eigenvalue weighted by atomic mass is 9.67. The first-order chi connectivity index (χ1) is 7.13. The molecule has 0 heteroatoms. The van der Waals surface area contributed by atoms with E-state index in [9.17, 15) is 0 Å². The summed E-state index contributed by atoms with van der Waals surface area (Å²) in [7, 11) is 0. The zero-order valence-electron chi connectivity index (χ0n) is 11.6. The van der Waals surface area contributed by atoms with Gasteiger partial charge in [-0.1, -0.05) is 47.1 Å². The molecule has 0 aromatic heterocycles. The summed E-state index contributed by atoms with van der Waals surface area (Å²) in [5.74, 6) is 3.20. The van der Waals surface area contributed by atoms with E-state index >= 15 is 0 Å². The zero-order valence-corrected chi connectivity index (χ0v) is 11.6. The van der Waals surface area contributed by atoms with Crippen molar-refractivity contribution in [1.82, 2.24) is 0 Å². The minimum atomic E-state index is 0.856. The first kappa shape index (κ1) is 14.7. The molecule has 0 amide bonds. The summed E-state index contributed by atoms with van der Waals surface area (Å²) in [6.45, 7) is 16.5. The largest absolute Gasteiger partial charge is 0.103 e. The topological polar surface area (TPSA) is 0 Å². The quantitative estimate of drug-likeness (QED) is 0.543. The third-order valence-electron chi connectivity index (χ3n) is 4.29. The smallest absolute Gasteiger partial charge is 0.0215 e. The van der Waals surface area contributed by atoms with Gasteiger partial charge >= 0.3 is 0 Å². The molecule has 0 bridgehead atoms. The summed E-state index contributed by atoms with van der Waals surface area (Å²) in [5.41, 5.74) is 0.856. The van der Waals surface area contributed by atoms with Crippen molar-refractivity contribution in [3.63, 3.8) is 0 Å². The molecule has 2 saturated carbocycles. The number of hydrogen-bond acceptors (Lipinski definition) is 0. The Morgan fingerprint density at radius 2 is 1.93 bits per heavy atom. The van der Waals surface area contributed by atoms with Gasteiger partial charge in [-0.25, -0.2) is 0 Å². The van der Waals surface area contributed by atoms with E-state index in [1.807, 2.05) is 20.8 Å². The molecule has 0 N–H and O–H groups in total. The summed E-state index contributed by atoms with van der Waals surface area (Å²) in [4.78, 5) is 0. The van der Waals surface area contributed by atoms with Gasteiger partial charge in [0.2, 0.25) is 0 Å². The fourth-order valence-electron chi connectivity index (χ4n) is 3.23. The summed E-state index contributed by atoms with van der Waals surface area (Å²) in [5, 5.41) is 0. The molecule has 2 rings (SSSR count). The standard InChI is InChI=1S/C10H18.C3H6.C2H6/c1-4-7(2)10-6-9(10)5-8(10)3;1-3-2;1-2/h7-9H,4-6H2,1-3H3;3H,1H2,2H3;1-2H3. The molecule has 0 heterocycles. The maximum atomic E-state index is 3.36. The van der Waals surface area contributed by atoms with Gasteiger partial charge in [0.05, 0.1) is 0 Å². The molecule has 0 aliphatic heterocycles. The number of rotatable bonds is 2. The van der Waals surface area contributed by atoms with Crippen molar-refractivity contribution in [3.8, 4) is 0 Å². The van der Waals surface area contributed by atoms with Gasteiger partial charge in [0.15, 0.2) is 0 Å². The number of allylic oxidation sites excluding steroid dienone is 1. The molecule has 0 radical (unpaired) electrons. The van der Waals surface area contributed by atoms with Crippen molar-refractivity contribution in [1.29, 1.82) is 0 Å². The molecule has 0 aromatic rings. The van der Waals surface area contributed by atoms with Crippen LogP contribution >= 0.6 is 0 Å². The van der Waals surface area contributed by atoms with Gasteiger partial charge in [-0.3, -0.25) is 0 Å². The van der Waals surface area contributed by atoms with Crippen LogP contribution in [0.4, 0.5) is 0 Å². The molecular weight excluding hydrogens is 180 g/mol. The Morgan fingerprint density at radius 1 is 1.47 bits per heavy atom. The van der Waals surface area contributed by atoms with Crippen LogP contribution in [0.5, 0.6) is 0 Å². The van der Waals surface area contributed by atoms with Crippen LogP contribution in [0.25, 0.3) is 0 Å². The minimum Gasteiger partial charge on any atom is -0.103 e. The van der Waals surface area contributed by atoms with E-state index in [0.29, 0.717) is 0 Å². The molecule has 90 valence electrons. The van der Waals surface area contributed by atoms with E-state index in [4.69, 9.17) is 0 Å². The van der Waals surface area contributed by atoms with Crippen molar-refractivity contribution in [2.75, 3.05) is 0 Å². The highest BCUT2D eigenvalue weighted by Crippen LogP contribution is 2.74. The molecule has 0 nitrogen and oxygen atoms in total. The van der Waals surface area contributed by atoms with Crippen LogP contribution < -0.4 is 0 Å². The summed E-state index contributed by atoms with van der Waals surface area (Å²) in [6.07, 6.45) is 6.23. The van der Waals surface area contributed by atoms with Crippen LogP contribution in [0.2, 0.25) is 0 Å². The van der Waals surface area contributed by atoms with Crippen LogP contribution in [0.15, 0.2) is 12.7 Å². The second kappa shape index (κ2) is 6.35. The molecule has 0 saturated heterocycles. The normalized spacial score (nSPS) is 36.7. The molecule has 4 unspecified atom stereocenters. The molecule has 15 heavy (non-hydrogen) atoms. The minimum absolute atomic E-state index is 0.856. The van der Waals surface area contributed by atoms with Crippen LogP contribution in [-0.4, -0.2) is 0 Å². The Hall–Kier alpha value is -0.260. The predicted molar refractivity (Wildman–Crippen MR) is 71.0 cm³/mol. The Morgan fingerprint density at radius 3 is 2.07 bits per heavy atom. The summed E-state index contributed by atoms with van der Waals surface area (Å²) < 4.78 is 0. The monoisotopic (exact) mass is 210 g/mol. The van der Waals surface area contributed by atoms with Gasteiger partial charge in [0.25, 0.3) is 0 Å². The summed E-state index contributed by atoms with van der Waals surface area (Å²) >= 11 is 0. The first-order valence-electron chi connectivity index (χ1n) is 6.70. The van der Waals surface area contributed by atoms with E-state index < -0.39 is 0 Å². The number of fused-ring (bicyclic) bond motifs is 1. The highest BCUT2D eigenvalue weighted by atomic mass is 14.7. The Bertz CT molecular complexity index is 182. The number of hydrogen-bond donors (Lipinski definition) is 0. The maximum Gasteiger partial charge on any atom is -0.0215 e. The second-order valence-electron chi connectivity index (χ2n) is 4.87. The molecule has 2 fully saturated rings. The van der Waals surface area contributed by atoms with E-state index in [-0.39, 0.29) is 0 Å². The van der Waals surface area contributed by atoms with Gasteiger partial charge in [-0.05, 0) is 42.9 Å². The highest BCUT2D eigenvalue weighted by Gasteiger charge is 2.67. The van der Waals surface area contributed by atoms with E-state index in [0.717, 1.165) is 23.2 Å². The van der Waals surface area contributed by atoms with E-state index in [1.165, 1.54) is 12.8 Å². The zero-order chi connectivity index (χ0) is 12.1. The third kappa shape index (κ3) is 2.65. The van der Waals surface area contributed by atoms with Crippen molar-refractivity contribution in [2.24, 2.45) is 23.2 Å². The van der Waals surface area contributed by atoms with Gasteiger partial charge in [-0.15, -0.1) is 6.58 Å². The highest BCUT2D eigenvalue weighted by molar-refractivity contribution is 5.15. The summed E-state index contributed by atoms with van der Waals surface area (Å²) in [6, 6.07) is 0. The lowest BCUT2D eigenvalue weighted by Crippen LogP contribution is -2.31. The Balaban J connectivity index is 0.000000342. The van der Waals surface area contributed by atoms with Crippen molar-refractivity contribution >= 4 is 0 Å². The molecular formula is C15H30. The maximum absolute atomic E-state index is 3.36. The Labute approximate surface area is 97.2 Å². The SMILES string of the molecule is C=CC.CC.CCC(C)C12CC1CC2C. The van der Waals surface area contributed by atoms with E-state index in [1.54, 1.807) is 12.5 Å². The van der Waals surface area contributed by atoms with Crippen LogP contribution in [0, 0.1) is 23.2 Å². The fourth-order valence-corrected chi connectivity index (χ4v) is 3.23. The van der Waals surface area contributed by atoms with Crippen LogP contribution in [0.3, 0.4) is 0 Å².